The van der Waals surface area contributed by atoms with Gasteiger partial charge in [0.15, 0.2) is 17.3 Å². The first-order valence-corrected chi connectivity index (χ1v) is 9.41. The first-order valence-electron chi connectivity index (χ1n) is 9.03. The molecule has 0 heterocycles. The molecule has 0 aliphatic heterocycles. The zero-order valence-corrected chi connectivity index (χ0v) is 17.2. The monoisotopic (exact) mass is 422 g/mol. The molecule has 152 valence electrons. The number of halogens is 1. The third-order valence-electron chi connectivity index (χ3n) is 4.28. The third kappa shape index (κ3) is 5.07. The number of benzene rings is 3. The van der Waals surface area contributed by atoms with Crippen LogP contribution in [-0.4, -0.2) is 26.0 Å². The fraction of sp³-hybridized carbons (Fsp3) is 0.0833. The molecule has 6 heteroatoms. The van der Waals surface area contributed by atoms with E-state index in [0.29, 0.717) is 27.8 Å². The quantitative estimate of drug-likeness (QED) is 0.218. The van der Waals surface area contributed by atoms with Gasteiger partial charge in [-0.3, -0.25) is 4.79 Å². The van der Waals surface area contributed by atoms with Crippen LogP contribution in [0.15, 0.2) is 72.8 Å². The van der Waals surface area contributed by atoms with Gasteiger partial charge in [-0.1, -0.05) is 35.9 Å². The van der Waals surface area contributed by atoms with Gasteiger partial charge < -0.3 is 14.2 Å². The zero-order chi connectivity index (χ0) is 21.5. The Hall–Kier alpha value is -3.57. The molecule has 5 nitrogen and oxygen atoms in total. The minimum atomic E-state index is -0.562. The summed E-state index contributed by atoms with van der Waals surface area (Å²) in [6, 6.07) is 18.3. The molecule has 3 rings (SSSR count). The van der Waals surface area contributed by atoms with E-state index in [9.17, 15) is 9.59 Å². The Morgan fingerprint density at radius 3 is 2.23 bits per heavy atom. The Morgan fingerprint density at radius 2 is 1.57 bits per heavy atom. The molecule has 0 saturated carbocycles. The first-order chi connectivity index (χ1) is 14.5. The van der Waals surface area contributed by atoms with E-state index in [1.165, 1.54) is 6.08 Å². The summed E-state index contributed by atoms with van der Waals surface area (Å²) in [5.74, 6) is 0.766. The predicted molar refractivity (Wildman–Crippen MR) is 116 cm³/mol. The van der Waals surface area contributed by atoms with Crippen molar-refractivity contribution in [2.24, 2.45) is 0 Å². The van der Waals surface area contributed by atoms with Crippen molar-refractivity contribution in [1.82, 2.24) is 0 Å². The second kappa shape index (κ2) is 9.76. The summed E-state index contributed by atoms with van der Waals surface area (Å²) in [6.07, 6.45) is 3.15. The highest BCUT2D eigenvalue weighted by Crippen LogP contribution is 2.28. The molecule has 0 atom stereocenters. The fourth-order valence-electron chi connectivity index (χ4n) is 2.70. The molecule has 0 radical (unpaired) electrons. The molecule has 30 heavy (non-hydrogen) atoms. The number of ether oxygens (including phenoxy) is 3. The second-order valence-corrected chi connectivity index (χ2v) is 6.61. The molecule has 0 unspecified atom stereocenters. The van der Waals surface area contributed by atoms with Crippen LogP contribution in [0.2, 0.25) is 5.02 Å². The van der Waals surface area contributed by atoms with Crippen LogP contribution in [0.25, 0.3) is 6.08 Å². The van der Waals surface area contributed by atoms with Crippen LogP contribution < -0.4 is 14.2 Å². The van der Waals surface area contributed by atoms with Crippen molar-refractivity contribution in [3.8, 4) is 17.2 Å². The van der Waals surface area contributed by atoms with Crippen molar-refractivity contribution in [3.63, 3.8) is 0 Å². The number of hydrogen-bond acceptors (Lipinski definition) is 5. The standard InChI is InChI=1S/C24H19ClO5/c1-28-22-14-8-16(15-23(22)29-2)7-13-21(26)17-9-11-18(12-10-17)30-24(27)19-5-3-4-6-20(19)25/h3-15H,1-2H3. The number of rotatable bonds is 7. The van der Waals surface area contributed by atoms with Crippen molar-refractivity contribution in [3.05, 3.63) is 94.5 Å². The molecule has 0 N–H and O–H groups in total. The molecular formula is C24H19ClO5. The second-order valence-electron chi connectivity index (χ2n) is 6.21. The summed E-state index contributed by atoms with van der Waals surface area (Å²) in [5.41, 5.74) is 1.53. The van der Waals surface area contributed by atoms with Gasteiger partial charge in [-0.25, -0.2) is 4.79 Å². The van der Waals surface area contributed by atoms with Crippen LogP contribution in [0.4, 0.5) is 0 Å². The van der Waals surface area contributed by atoms with E-state index >= 15 is 0 Å². The highest BCUT2D eigenvalue weighted by Gasteiger charge is 2.12. The van der Waals surface area contributed by atoms with E-state index in [0.717, 1.165) is 5.56 Å². The smallest absolute Gasteiger partial charge is 0.345 e. The maximum absolute atomic E-state index is 12.4. The summed E-state index contributed by atoms with van der Waals surface area (Å²) in [4.78, 5) is 24.6. The lowest BCUT2D eigenvalue weighted by atomic mass is 10.1. The summed E-state index contributed by atoms with van der Waals surface area (Å²) < 4.78 is 15.8. The van der Waals surface area contributed by atoms with Crippen molar-refractivity contribution in [1.29, 1.82) is 0 Å². The predicted octanol–water partition coefficient (Wildman–Crippen LogP) is 5.47. The number of esters is 1. The third-order valence-corrected chi connectivity index (χ3v) is 4.61. The van der Waals surface area contributed by atoms with E-state index in [1.807, 2.05) is 6.07 Å². The number of allylic oxidation sites excluding steroid dienone is 1. The normalized spacial score (nSPS) is 10.6. The van der Waals surface area contributed by atoms with Crippen LogP contribution in [0.1, 0.15) is 26.3 Å². The van der Waals surface area contributed by atoms with Gasteiger partial charge >= 0.3 is 5.97 Å². The molecule has 0 aliphatic rings. The molecule has 0 aromatic heterocycles. The average molecular weight is 423 g/mol. The minimum Gasteiger partial charge on any atom is -0.493 e. The Kier molecular flexibility index (Phi) is 6.88. The number of hydrogen-bond donors (Lipinski definition) is 0. The van der Waals surface area contributed by atoms with Gasteiger partial charge in [-0.15, -0.1) is 0 Å². The van der Waals surface area contributed by atoms with Crippen LogP contribution in [0.3, 0.4) is 0 Å². The lowest BCUT2D eigenvalue weighted by Crippen LogP contribution is -2.09. The van der Waals surface area contributed by atoms with Gasteiger partial charge in [0.1, 0.15) is 5.75 Å². The van der Waals surface area contributed by atoms with E-state index in [4.69, 9.17) is 25.8 Å². The van der Waals surface area contributed by atoms with Crippen LogP contribution in [0.5, 0.6) is 17.2 Å². The maximum Gasteiger partial charge on any atom is 0.345 e. The first kappa shape index (κ1) is 21.1. The van der Waals surface area contributed by atoms with E-state index in [1.54, 1.807) is 81.0 Å². The molecule has 0 bridgehead atoms. The molecular weight excluding hydrogens is 404 g/mol. The van der Waals surface area contributed by atoms with Gasteiger partial charge in [0.05, 0.1) is 24.8 Å². The van der Waals surface area contributed by atoms with E-state index in [-0.39, 0.29) is 11.3 Å². The summed E-state index contributed by atoms with van der Waals surface area (Å²) >= 11 is 6.01. The molecule has 0 fully saturated rings. The number of methoxy groups -OCH3 is 2. The number of carbonyl (C=O) groups excluding carboxylic acids is 2. The van der Waals surface area contributed by atoms with Crippen molar-refractivity contribution in [2.45, 2.75) is 0 Å². The van der Waals surface area contributed by atoms with Crippen molar-refractivity contribution >= 4 is 29.4 Å². The minimum absolute atomic E-state index is 0.186. The highest BCUT2D eigenvalue weighted by atomic mass is 35.5. The Labute approximate surface area is 179 Å². The zero-order valence-electron chi connectivity index (χ0n) is 16.4. The van der Waals surface area contributed by atoms with Crippen molar-refractivity contribution in [2.75, 3.05) is 14.2 Å². The molecule has 3 aromatic rings. The van der Waals surface area contributed by atoms with E-state index < -0.39 is 5.97 Å². The lowest BCUT2D eigenvalue weighted by Gasteiger charge is -2.07. The summed E-state index contributed by atoms with van der Waals surface area (Å²) in [5, 5.41) is 0.314. The Bertz CT molecular complexity index is 1090. The lowest BCUT2D eigenvalue weighted by molar-refractivity contribution is 0.0735. The van der Waals surface area contributed by atoms with Crippen LogP contribution in [-0.2, 0) is 0 Å². The van der Waals surface area contributed by atoms with Crippen LogP contribution in [0, 0.1) is 0 Å². The van der Waals surface area contributed by atoms with Gasteiger partial charge in [0.25, 0.3) is 0 Å². The summed E-state index contributed by atoms with van der Waals surface area (Å²) in [7, 11) is 3.11. The number of ketones is 1. The average Bonchev–Trinajstić information content (AvgIpc) is 2.78. The fourth-order valence-corrected chi connectivity index (χ4v) is 2.91. The SMILES string of the molecule is COc1ccc(C=CC(=O)c2ccc(OC(=O)c3ccccc3Cl)cc2)cc1OC. The van der Waals surface area contributed by atoms with Gasteiger partial charge in [-0.2, -0.15) is 0 Å². The van der Waals surface area contributed by atoms with Crippen molar-refractivity contribution < 1.29 is 23.8 Å². The molecule has 0 saturated heterocycles. The highest BCUT2D eigenvalue weighted by molar-refractivity contribution is 6.33. The van der Waals surface area contributed by atoms with Gasteiger partial charge in [-0.05, 0) is 60.2 Å². The summed E-state index contributed by atoms with van der Waals surface area (Å²) in [6.45, 7) is 0. The molecule has 0 spiro atoms. The topological polar surface area (TPSA) is 61.8 Å². The number of carbonyl (C=O) groups is 2. The largest absolute Gasteiger partial charge is 0.493 e. The van der Waals surface area contributed by atoms with Crippen LogP contribution >= 0.6 is 11.6 Å². The van der Waals surface area contributed by atoms with E-state index in [2.05, 4.69) is 0 Å². The van der Waals surface area contributed by atoms with Gasteiger partial charge in [0, 0.05) is 5.56 Å². The molecule has 3 aromatic carbocycles. The maximum atomic E-state index is 12.4. The molecule has 0 amide bonds. The Balaban J connectivity index is 1.67. The van der Waals surface area contributed by atoms with Gasteiger partial charge in [0.2, 0.25) is 0 Å². The Morgan fingerprint density at radius 1 is 0.867 bits per heavy atom. The molecule has 0 aliphatic carbocycles.